The molecule has 0 heterocycles. The summed E-state index contributed by atoms with van der Waals surface area (Å²) < 4.78 is 11.5. The van der Waals surface area contributed by atoms with Gasteiger partial charge in [0.2, 0.25) is 0 Å². The molecule has 0 N–H and O–H groups in total. The van der Waals surface area contributed by atoms with Crippen molar-refractivity contribution in [1.82, 2.24) is 0 Å². The Kier molecular flexibility index (Phi) is 6.61. The molecule has 1 aromatic rings. The summed E-state index contributed by atoms with van der Waals surface area (Å²) in [5.74, 6) is 0.526. The van der Waals surface area contributed by atoms with Crippen molar-refractivity contribution >= 4 is 14.3 Å². The quantitative estimate of drug-likeness (QED) is 0.381. The molecule has 0 amide bonds. The van der Waals surface area contributed by atoms with E-state index in [1.165, 1.54) is 7.11 Å². The average molecular weight is 347 g/mol. The highest BCUT2D eigenvalue weighted by Gasteiger charge is 2.39. The largest absolute Gasteiger partial charge is 0.543 e. The van der Waals surface area contributed by atoms with E-state index in [2.05, 4.69) is 47.0 Å². The van der Waals surface area contributed by atoms with Crippen LogP contribution in [0.5, 0.6) is 5.75 Å². The zero-order chi connectivity index (χ0) is 18.5. The Hall–Kier alpha value is -1.81. The number of allylic oxidation sites excluding steroid dienone is 2. The van der Waals surface area contributed by atoms with Crippen LogP contribution in [-0.4, -0.2) is 21.4 Å². The molecule has 24 heavy (non-hydrogen) atoms. The van der Waals surface area contributed by atoms with Crippen LogP contribution in [-0.2, 0) is 17.6 Å². The Morgan fingerprint density at radius 2 is 1.58 bits per heavy atom. The van der Waals surface area contributed by atoms with Crippen LogP contribution >= 0.6 is 0 Å². The first-order valence-electron chi connectivity index (χ1n) is 8.22. The van der Waals surface area contributed by atoms with Crippen molar-refractivity contribution in [1.29, 1.82) is 0 Å². The normalized spacial score (nSPS) is 11.8. The third-order valence-electron chi connectivity index (χ3n) is 4.56. The maximum atomic E-state index is 12.0. The SMILES string of the molecule is C=CCc1cc(C(=O)OC)cc(CC=C)c1O[Si](C)(C)C(C)(C)C. The number of methoxy groups -OCH3 is 1. The van der Waals surface area contributed by atoms with E-state index >= 15 is 0 Å². The molecule has 0 spiro atoms. The number of esters is 1. The maximum absolute atomic E-state index is 12.0. The van der Waals surface area contributed by atoms with Crippen molar-refractivity contribution in [2.24, 2.45) is 0 Å². The molecule has 0 bridgehead atoms. The van der Waals surface area contributed by atoms with E-state index in [0.717, 1.165) is 16.9 Å². The minimum Gasteiger partial charge on any atom is -0.543 e. The highest BCUT2D eigenvalue weighted by Crippen LogP contribution is 2.40. The Morgan fingerprint density at radius 3 is 1.92 bits per heavy atom. The van der Waals surface area contributed by atoms with E-state index in [-0.39, 0.29) is 11.0 Å². The molecule has 0 saturated carbocycles. The van der Waals surface area contributed by atoms with Gasteiger partial charge in [0.25, 0.3) is 8.32 Å². The van der Waals surface area contributed by atoms with E-state index in [4.69, 9.17) is 9.16 Å². The number of hydrogen-bond acceptors (Lipinski definition) is 3. The van der Waals surface area contributed by atoms with E-state index in [1.807, 2.05) is 24.3 Å². The van der Waals surface area contributed by atoms with Gasteiger partial charge in [0, 0.05) is 0 Å². The Labute approximate surface area is 147 Å². The zero-order valence-corrected chi connectivity index (χ0v) is 16.9. The summed E-state index contributed by atoms with van der Waals surface area (Å²) in [6, 6.07) is 3.70. The van der Waals surface area contributed by atoms with Gasteiger partial charge in [0.1, 0.15) is 5.75 Å². The molecule has 1 rings (SSSR count). The van der Waals surface area contributed by atoms with Gasteiger partial charge in [-0.05, 0) is 54.2 Å². The third-order valence-corrected chi connectivity index (χ3v) is 8.88. The van der Waals surface area contributed by atoms with Gasteiger partial charge in [-0.3, -0.25) is 0 Å². The third kappa shape index (κ3) is 4.60. The summed E-state index contributed by atoms with van der Waals surface area (Å²) in [4.78, 5) is 12.0. The second kappa shape index (κ2) is 7.84. The summed E-state index contributed by atoms with van der Waals surface area (Å²) in [5, 5.41) is 0.0882. The minimum atomic E-state index is -2.00. The Balaban J connectivity index is 3.52. The van der Waals surface area contributed by atoms with Crippen molar-refractivity contribution in [3.8, 4) is 5.75 Å². The van der Waals surface area contributed by atoms with Crippen molar-refractivity contribution in [2.75, 3.05) is 7.11 Å². The van der Waals surface area contributed by atoms with E-state index < -0.39 is 8.32 Å². The van der Waals surface area contributed by atoms with Gasteiger partial charge in [-0.2, -0.15) is 0 Å². The van der Waals surface area contributed by atoms with Crippen LogP contribution in [0.2, 0.25) is 18.1 Å². The van der Waals surface area contributed by atoms with Crippen LogP contribution in [0.25, 0.3) is 0 Å². The van der Waals surface area contributed by atoms with Gasteiger partial charge in [-0.25, -0.2) is 4.79 Å². The predicted molar refractivity (Wildman–Crippen MR) is 103 cm³/mol. The molecule has 0 unspecified atom stereocenters. The molecule has 0 radical (unpaired) electrons. The molecule has 0 atom stereocenters. The highest BCUT2D eigenvalue weighted by atomic mass is 28.4. The molecular weight excluding hydrogens is 316 g/mol. The highest BCUT2D eigenvalue weighted by molar-refractivity contribution is 6.74. The molecule has 0 aliphatic carbocycles. The fraction of sp³-hybridized carbons (Fsp3) is 0.450. The number of rotatable bonds is 7. The number of carbonyl (C=O) groups is 1. The lowest BCUT2D eigenvalue weighted by atomic mass is 9.99. The summed E-state index contributed by atoms with van der Waals surface area (Å²) in [6.07, 6.45) is 4.93. The van der Waals surface area contributed by atoms with Gasteiger partial charge in [0.05, 0.1) is 12.7 Å². The second-order valence-electron chi connectivity index (χ2n) is 7.46. The topological polar surface area (TPSA) is 35.5 Å². The van der Waals surface area contributed by atoms with Gasteiger partial charge in [-0.15, -0.1) is 13.2 Å². The standard InChI is InChI=1S/C20H30O3Si/c1-9-11-15-13-17(19(21)22-6)14-16(12-10-2)18(15)23-24(7,8)20(3,4)5/h9-10,13-14H,1-2,11-12H2,3-8H3. The van der Waals surface area contributed by atoms with Gasteiger partial charge < -0.3 is 9.16 Å². The first kappa shape index (κ1) is 20.2. The lowest BCUT2D eigenvalue weighted by Crippen LogP contribution is -2.44. The van der Waals surface area contributed by atoms with Crippen LogP contribution in [0, 0.1) is 0 Å². The van der Waals surface area contributed by atoms with Crippen LogP contribution in [0.1, 0.15) is 42.3 Å². The zero-order valence-electron chi connectivity index (χ0n) is 15.9. The number of ether oxygens (including phenoxy) is 1. The van der Waals surface area contributed by atoms with Crippen molar-refractivity contribution in [3.63, 3.8) is 0 Å². The molecule has 0 saturated heterocycles. The molecule has 0 aliphatic rings. The summed E-state index contributed by atoms with van der Waals surface area (Å²) in [6.45, 7) is 18.7. The van der Waals surface area contributed by atoms with Gasteiger partial charge >= 0.3 is 5.97 Å². The lowest BCUT2D eigenvalue weighted by Gasteiger charge is -2.37. The fourth-order valence-electron chi connectivity index (χ4n) is 2.14. The second-order valence-corrected chi connectivity index (χ2v) is 12.2. The van der Waals surface area contributed by atoms with E-state index in [9.17, 15) is 4.79 Å². The summed E-state index contributed by atoms with van der Waals surface area (Å²) >= 11 is 0. The molecule has 4 heteroatoms. The maximum Gasteiger partial charge on any atom is 0.337 e. The van der Waals surface area contributed by atoms with Gasteiger partial charge in [-0.1, -0.05) is 32.9 Å². The number of hydrogen-bond donors (Lipinski definition) is 0. The minimum absolute atomic E-state index is 0.0882. The average Bonchev–Trinajstić information content (AvgIpc) is 2.48. The van der Waals surface area contributed by atoms with Crippen molar-refractivity contribution in [3.05, 3.63) is 54.1 Å². The summed E-state index contributed by atoms with van der Waals surface area (Å²) in [7, 11) is -0.613. The van der Waals surface area contributed by atoms with E-state index in [1.54, 1.807) is 0 Å². The fourth-order valence-corrected chi connectivity index (χ4v) is 3.22. The molecule has 0 aliphatic heterocycles. The van der Waals surface area contributed by atoms with Crippen molar-refractivity contribution in [2.45, 2.75) is 51.7 Å². The predicted octanol–water partition coefficient (Wildman–Crippen LogP) is 5.31. The van der Waals surface area contributed by atoms with Gasteiger partial charge in [0.15, 0.2) is 0 Å². The van der Waals surface area contributed by atoms with Crippen molar-refractivity contribution < 1.29 is 14.0 Å². The molecule has 132 valence electrons. The molecule has 1 aromatic carbocycles. The van der Waals surface area contributed by atoms with Crippen LogP contribution in [0.3, 0.4) is 0 Å². The molecule has 0 aromatic heterocycles. The number of benzene rings is 1. The van der Waals surface area contributed by atoms with Crippen LogP contribution < -0.4 is 4.43 Å². The van der Waals surface area contributed by atoms with Crippen LogP contribution in [0.4, 0.5) is 0 Å². The number of carbonyl (C=O) groups excluding carboxylic acids is 1. The Bertz CT molecular complexity index is 593. The van der Waals surface area contributed by atoms with E-state index in [0.29, 0.717) is 18.4 Å². The molecular formula is C20H30O3Si. The summed E-state index contributed by atoms with van der Waals surface area (Å²) in [5.41, 5.74) is 2.47. The smallest absolute Gasteiger partial charge is 0.337 e. The lowest BCUT2D eigenvalue weighted by molar-refractivity contribution is 0.0600. The first-order valence-corrected chi connectivity index (χ1v) is 11.1. The Morgan fingerprint density at radius 1 is 1.12 bits per heavy atom. The first-order chi connectivity index (χ1) is 11.1. The monoisotopic (exact) mass is 346 g/mol. The molecule has 3 nitrogen and oxygen atoms in total. The van der Waals surface area contributed by atoms with Crippen LogP contribution in [0.15, 0.2) is 37.4 Å². The molecule has 0 fully saturated rings.